The smallest absolute Gasteiger partial charge is 0.337 e. The fourth-order valence-corrected chi connectivity index (χ4v) is 0.929. The van der Waals surface area contributed by atoms with Crippen LogP contribution in [0.25, 0.3) is 0 Å². The lowest BCUT2D eigenvalue weighted by atomic mass is 10.1. The van der Waals surface area contributed by atoms with E-state index in [1.807, 2.05) is 0 Å². The van der Waals surface area contributed by atoms with Crippen LogP contribution in [0.5, 0.6) is 5.75 Å². The SMILES string of the molecule is COc1ccc(C(=O)O)c(C#N)c1. The number of rotatable bonds is 2. The lowest BCUT2D eigenvalue weighted by molar-refractivity contribution is 0.0696. The van der Waals surface area contributed by atoms with E-state index in [-0.39, 0.29) is 11.1 Å². The van der Waals surface area contributed by atoms with E-state index in [1.165, 1.54) is 25.3 Å². The summed E-state index contributed by atoms with van der Waals surface area (Å²) in [5.74, 6) is -0.638. The van der Waals surface area contributed by atoms with Crippen molar-refractivity contribution in [2.75, 3.05) is 7.11 Å². The van der Waals surface area contributed by atoms with Crippen LogP contribution in [0.2, 0.25) is 0 Å². The molecular weight excluding hydrogens is 170 g/mol. The molecule has 1 N–H and O–H groups in total. The van der Waals surface area contributed by atoms with Gasteiger partial charge in [-0.15, -0.1) is 0 Å². The van der Waals surface area contributed by atoms with E-state index in [0.29, 0.717) is 5.75 Å². The zero-order valence-corrected chi connectivity index (χ0v) is 6.94. The third-order valence-electron chi connectivity index (χ3n) is 1.58. The summed E-state index contributed by atoms with van der Waals surface area (Å²) in [6.07, 6.45) is 0. The number of methoxy groups -OCH3 is 1. The topological polar surface area (TPSA) is 70.3 Å². The van der Waals surface area contributed by atoms with Crippen LogP contribution in [0, 0.1) is 11.3 Å². The highest BCUT2D eigenvalue weighted by atomic mass is 16.5. The molecule has 0 saturated carbocycles. The quantitative estimate of drug-likeness (QED) is 0.738. The molecule has 0 radical (unpaired) electrons. The number of ether oxygens (including phenoxy) is 1. The lowest BCUT2D eigenvalue weighted by Crippen LogP contribution is -2.00. The van der Waals surface area contributed by atoms with Gasteiger partial charge in [-0.2, -0.15) is 5.26 Å². The summed E-state index contributed by atoms with van der Waals surface area (Å²) < 4.78 is 4.85. The Morgan fingerprint density at radius 1 is 1.62 bits per heavy atom. The molecule has 66 valence electrons. The average molecular weight is 177 g/mol. The Bertz CT molecular complexity index is 379. The second-order valence-corrected chi connectivity index (χ2v) is 2.33. The molecule has 1 rings (SSSR count). The molecule has 0 aromatic heterocycles. The minimum Gasteiger partial charge on any atom is -0.497 e. The number of carboxylic acid groups (broad SMARTS) is 1. The molecule has 4 heteroatoms. The van der Waals surface area contributed by atoms with Crippen LogP contribution in [-0.2, 0) is 0 Å². The maximum Gasteiger partial charge on any atom is 0.337 e. The van der Waals surface area contributed by atoms with Crippen LogP contribution in [0.3, 0.4) is 0 Å². The predicted molar refractivity (Wildman–Crippen MR) is 44.7 cm³/mol. The van der Waals surface area contributed by atoms with Gasteiger partial charge >= 0.3 is 5.97 Å². The second kappa shape index (κ2) is 3.59. The molecule has 0 atom stereocenters. The highest BCUT2D eigenvalue weighted by Crippen LogP contribution is 2.16. The third-order valence-corrected chi connectivity index (χ3v) is 1.58. The molecule has 0 amide bonds. The van der Waals surface area contributed by atoms with Crippen LogP contribution in [0.15, 0.2) is 18.2 Å². The molecule has 0 aliphatic heterocycles. The monoisotopic (exact) mass is 177 g/mol. The molecule has 0 aliphatic rings. The minimum atomic E-state index is -1.11. The molecule has 4 nitrogen and oxygen atoms in total. The van der Waals surface area contributed by atoms with Crippen molar-refractivity contribution in [1.29, 1.82) is 5.26 Å². The average Bonchev–Trinajstić information content (AvgIpc) is 2.16. The fourth-order valence-electron chi connectivity index (χ4n) is 0.929. The van der Waals surface area contributed by atoms with Crippen molar-refractivity contribution in [1.82, 2.24) is 0 Å². The number of benzene rings is 1. The molecule has 1 aromatic rings. The molecular formula is C9H7NO3. The van der Waals surface area contributed by atoms with Crippen LogP contribution < -0.4 is 4.74 Å². The van der Waals surface area contributed by atoms with Crippen molar-refractivity contribution in [2.24, 2.45) is 0 Å². The number of aromatic carboxylic acids is 1. The summed E-state index contributed by atoms with van der Waals surface area (Å²) >= 11 is 0. The summed E-state index contributed by atoms with van der Waals surface area (Å²) in [5, 5.41) is 17.3. The molecule has 0 heterocycles. The van der Waals surface area contributed by atoms with Crippen LogP contribution in [0.4, 0.5) is 0 Å². The van der Waals surface area contributed by atoms with E-state index < -0.39 is 5.97 Å². The zero-order valence-electron chi connectivity index (χ0n) is 6.94. The van der Waals surface area contributed by atoms with Gasteiger partial charge in [0.25, 0.3) is 0 Å². The first-order valence-electron chi connectivity index (χ1n) is 3.50. The van der Waals surface area contributed by atoms with Crippen LogP contribution in [0.1, 0.15) is 15.9 Å². The highest BCUT2D eigenvalue weighted by molar-refractivity contribution is 5.90. The van der Waals surface area contributed by atoms with Crippen molar-refractivity contribution in [3.63, 3.8) is 0 Å². The van der Waals surface area contributed by atoms with Crippen molar-refractivity contribution in [2.45, 2.75) is 0 Å². The first kappa shape index (κ1) is 9.07. The Morgan fingerprint density at radius 3 is 2.77 bits per heavy atom. The van der Waals surface area contributed by atoms with Gasteiger partial charge in [0.05, 0.1) is 18.2 Å². The second-order valence-electron chi connectivity index (χ2n) is 2.33. The highest BCUT2D eigenvalue weighted by Gasteiger charge is 2.09. The molecule has 0 spiro atoms. The van der Waals surface area contributed by atoms with Gasteiger partial charge in [0.15, 0.2) is 0 Å². The summed E-state index contributed by atoms with van der Waals surface area (Å²) in [7, 11) is 1.46. The molecule has 0 fully saturated rings. The van der Waals surface area contributed by atoms with Gasteiger partial charge in [0.1, 0.15) is 11.8 Å². The van der Waals surface area contributed by atoms with Crippen molar-refractivity contribution < 1.29 is 14.6 Å². The molecule has 13 heavy (non-hydrogen) atoms. The summed E-state index contributed by atoms with van der Waals surface area (Å²) in [5.41, 5.74) is 0.0927. The first-order valence-corrected chi connectivity index (χ1v) is 3.50. The normalized spacial score (nSPS) is 8.92. The zero-order chi connectivity index (χ0) is 9.84. The van der Waals surface area contributed by atoms with E-state index in [4.69, 9.17) is 15.1 Å². The first-order chi connectivity index (χ1) is 6.19. The Balaban J connectivity index is 3.26. The van der Waals surface area contributed by atoms with Crippen LogP contribution in [-0.4, -0.2) is 18.2 Å². The lowest BCUT2D eigenvalue weighted by Gasteiger charge is -2.01. The van der Waals surface area contributed by atoms with Crippen LogP contribution >= 0.6 is 0 Å². The molecule has 0 bridgehead atoms. The van der Waals surface area contributed by atoms with Gasteiger partial charge in [-0.05, 0) is 18.2 Å². The van der Waals surface area contributed by atoms with Gasteiger partial charge in [-0.3, -0.25) is 0 Å². The Kier molecular flexibility index (Phi) is 2.50. The van der Waals surface area contributed by atoms with Gasteiger partial charge in [0.2, 0.25) is 0 Å². The maximum atomic E-state index is 10.6. The van der Waals surface area contributed by atoms with Crippen molar-refractivity contribution in [3.8, 4) is 11.8 Å². The number of nitriles is 1. The predicted octanol–water partition coefficient (Wildman–Crippen LogP) is 1.27. The van der Waals surface area contributed by atoms with Gasteiger partial charge < -0.3 is 9.84 Å². The van der Waals surface area contributed by atoms with E-state index in [9.17, 15) is 4.79 Å². The van der Waals surface area contributed by atoms with Crippen molar-refractivity contribution in [3.05, 3.63) is 29.3 Å². The fraction of sp³-hybridized carbons (Fsp3) is 0.111. The molecule has 0 aliphatic carbocycles. The standard InChI is InChI=1S/C9H7NO3/c1-13-7-2-3-8(9(11)12)6(4-7)5-10/h2-4H,1H3,(H,11,12). The third kappa shape index (κ3) is 1.76. The maximum absolute atomic E-state index is 10.6. The molecule has 0 unspecified atom stereocenters. The van der Waals surface area contributed by atoms with E-state index in [1.54, 1.807) is 6.07 Å². The molecule has 1 aromatic carbocycles. The largest absolute Gasteiger partial charge is 0.497 e. The van der Waals surface area contributed by atoms with E-state index >= 15 is 0 Å². The van der Waals surface area contributed by atoms with Gasteiger partial charge in [-0.25, -0.2) is 4.79 Å². The number of carbonyl (C=O) groups is 1. The Labute approximate surface area is 75.0 Å². The van der Waals surface area contributed by atoms with Gasteiger partial charge in [0, 0.05) is 0 Å². The number of hydrogen-bond donors (Lipinski definition) is 1. The number of carboxylic acids is 1. The summed E-state index contributed by atoms with van der Waals surface area (Å²) in [6.45, 7) is 0. The Morgan fingerprint density at radius 2 is 2.31 bits per heavy atom. The number of nitrogens with zero attached hydrogens (tertiary/aromatic N) is 1. The summed E-state index contributed by atoms with van der Waals surface area (Å²) in [6, 6.07) is 6.03. The minimum absolute atomic E-state index is 0.0108. The summed E-state index contributed by atoms with van der Waals surface area (Å²) in [4.78, 5) is 10.6. The van der Waals surface area contributed by atoms with Gasteiger partial charge in [-0.1, -0.05) is 0 Å². The molecule has 0 saturated heterocycles. The van der Waals surface area contributed by atoms with Crippen molar-refractivity contribution >= 4 is 5.97 Å². The van der Waals surface area contributed by atoms with E-state index in [0.717, 1.165) is 0 Å². The van der Waals surface area contributed by atoms with E-state index in [2.05, 4.69) is 0 Å². The number of hydrogen-bond acceptors (Lipinski definition) is 3. The Hall–Kier alpha value is -2.02.